The molecule has 4 rings (SSSR count). The smallest absolute Gasteiger partial charge is 0.346 e. The van der Waals surface area contributed by atoms with E-state index in [1.807, 2.05) is 6.07 Å². The number of carbonyl (C=O) groups excluding carboxylic acids is 1. The molecule has 0 spiro atoms. The monoisotopic (exact) mass is 380 g/mol. The molecular formula is C19H20N6O3. The lowest BCUT2D eigenvalue weighted by molar-refractivity contribution is 0.0949. The molecule has 0 unspecified atom stereocenters. The summed E-state index contributed by atoms with van der Waals surface area (Å²) in [5, 5.41) is 7.13. The Morgan fingerprint density at radius 1 is 1.25 bits per heavy atom. The minimum absolute atomic E-state index is 0.0666. The molecule has 1 N–H and O–H groups in total. The molecule has 0 radical (unpaired) electrons. The van der Waals surface area contributed by atoms with E-state index in [9.17, 15) is 14.4 Å². The number of amides is 1. The molecule has 1 aliphatic rings. The van der Waals surface area contributed by atoms with Crippen LogP contribution in [-0.4, -0.2) is 36.4 Å². The first-order valence-electron chi connectivity index (χ1n) is 9.10. The molecule has 144 valence electrons. The molecule has 0 aromatic carbocycles. The summed E-state index contributed by atoms with van der Waals surface area (Å²) >= 11 is 0. The number of nitrogens with zero attached hydrogens (tertiary/aromatic N) is 5. The highest BCUT2D eigenvalue weighted by Gasteiger charge is 2.30. The Kier molecular flexibility index (Phi) is 4.64. The van der Waals surface area contributed by atoms with E-state index < -0.39 is 5.91 Å². The van der Waals surface area contributed by atoms with Crippen LogP contribution >= 0.6 is 0 Å². The summed E-state index contributed by atoms with van der Waals surface area (Å²) in [7, 11) is 1.59. The summed E-state index contributed by atoms with van der Waals surface area (Å²) in [5.41, 5.74) is 0.277. The van der Waals surface area contributed by atoms with Gasteiger partial charge >= 0.3 is 5.69 Å². The number of aromatic nitrogens is 5. The molecule has 1 fully saturated rings. The van der Waals surface area contributed by atoms with Crippen molar-refractivity contribution in [3.05, 3.63) is 69.3 Å². The maximum atomic E-state index is 12.8. The van der Waals surface area contributed by atoms with Gasteiger partial charge in [-0.3, -0.25) is 19.1 Å². The molecule has 3 heterocycles. The van der Waals surface area contributed by atoms with Crippen LogP contribution < -0.4 is 16.6 Å². The Balaban J connectivity index is 1.51. The fourth-order valence-corrected chi connectivity index (χ4v) is 3.06. The van der Waals surface area contributed by atoms with Crippen LogP contribution in [0, 0.1) is 0 Å². The zero-order valence-electron chi connectivity index (χ0n) is 15.4. The van der Waals surface area contributed by atoms with E-state index in [1.165, 1.54) is 15.3 Å². The number of pyridine rings is 2. The molecule has 1 aliphatic carbocycles. The average molecular weight is 380 g/mol. The lowest BCUT2D eigenvalue weighted by Crippen LogP contribution is -2.35. The molecule has 0 aliphatic heterocycles. The summed E-state index contributed by atoms with van der Waals surface area (Å²) in [6.45, 7) is 0.398. The Bertz CT molecular complexity index is 1120. The second kappa shape index (κ2) is 7.26. The van der Waals surface area contributed by atoms with Gasteiger partial charge in [-0.05, 0) is 37.1 Å². The molecule has 1 saturated carbocycles. The zero-order chi connectivity index (χ0) is 19.7. The lowest BCUT2D eigenvalue weighted by atomic mass is 10.2. The second-order valence-electron chi connectivity index (χ2n) is 6.77. The Morgan fingerprint density at radius 3 is 2.79 bits per heavy atom. The third-order valence-electron chi connectivity index (χ3n) is 4.68. The molecule has 0 atom stereocenters. The van der Waals surface area contributed by atoms with Crippen molar-refractivity contribution in [3.8, 4) is 11.4 Å². The summed E-state index contributed by atoms with van der Waals surface area (Å²) in [6.07, 6.45) is 6.84. The van der Waals surface area contributed by atoms with Crippen LogP contribution in [0.1, 0.15) is 29.2 Å². The summed E-state index contributed by atoms with van der Waals surface area (Å²) < 4.78 is 4.40. The normalized spacial score (nSPS) is 13.5. The van der Waals surface area contributed by atoms with Crippen LogP contribution in [0.25, 0.3) is 11.4 Å². The van der Waals surface area contributed by atoms with Gasteiger partial charge < -0.3 is 9.88 Å². The van der Waals surface area contributed by atoms with Crippen molar-refractivity contribution in [2.75, 3.05) is 6.54 Å². The number of nitrogens with one attached hydrogen (secondary N) is 1. The highest BCUT2D eigenvalue weighted by molar-refractivity contribution is 5.93. The molecule has 1 amide bonds. The zero-order valence-corrected chi connectivity index (χ0v) is 15.4. The Morgan fingerprint density at radius 2 is 2.07 bits per heavy atom. The predicted molar refractivity (Wildman–Crippen MR) is 102 cm³/mol. The van der Waals surface area contributed by atoms with Gasteiger partial charge in [0.15, 0.2) is 5.82 Å². The predicted octanol–water partition coefficient (Wildman–Crippen LogP) is 0.570. The lowest BCUT2D eigenvalue weighted by Gasteiger charge is -2.05. The van der Waals surface area contributed by atoms with E-state index in [0.717, 1.165) is 18.4 Å². The van der Waals surface area contributed by atoms with Crippen molar-refractivity contribution in [1.82, 2.24) is 29.2 Å². The minimum atomic E-state index is -0.469. The quantitative estimate of drug-likeness (QED) is 0.673. The molecular weight excluding hydrogens is 360 g/mol. The molecule has 9 nitrogen and oxygen atoms in total. The van der Waals surface area contributed by atoms with Gasteiger partial charge in [-0.1, -0.05) is 0 Å². The van der Waals surface area contributed by atoms with Crippen LogP contribution in [0.4, 0.5) is 0 Å². The third-order valence-corrected chi connectivity index (χ3v) is 4.68. The largest absolute Gasteiger partial charge is 0.350 e. The first-order valence-corrected chi connectivity index (χ1v) is 9.10. The molecule has 0 saturated heterocycles. The molecule has 28 heavy (non-hydrogen) atoms. The van der Waals surface area contributed by atoms with Crippen LogP contribution in [0.15, 0.2) is 52.4 Å². The Hall–Kier alpha value is -3.49. The highest BCUT2D eigenvalue weighted by atomic mass is 16.2. The van der Waals surface area contributed by atoms with Crippen molar-refractivity contribution in [2.45, 2.75) is 25.4 Å². The molecule has 0 bridgehead atoms. The van der Waals surface area contributed by atoms with E-state index in [1.54, 1.807) is 42.3 Å². The van der Waals surface area contributed by atoms with Gasteiger partial charge in [-0.25, -0.2) is 9.48 Å². The van der Waals surface area contributed by atoms with Crippen molar-refractivity contribution >= 4 is 5.91 Å². The van der Waals surface area contributed by atoms with Crippen LogP contribution in [0.5, 0.6) is 0 Å². The maximum absolute atomic E-state index is 12.8. The molecule has 3 aromatic rings. The number of hydrogen-bond donors (Lipinski definition) is 1. The molecule has 9 heteroatoms. The summed E-state index contributed by atoms with van der Waals surface area (Å²) in [6, 6.07) is 6.95. The number of carbonyl (C=O) groups is 1. The average Bonchev–Trinajstić information content (AvgIpc) is 3.48. The first kappa shape index (κ1) is 17.9. The number of aryl methyl sites for hydroxylation is 1. The van der Waals surface area contributed by atoms with Gasteiger partial charge in [0.2, 0.25) is 0 Å². The summed E-state index contributed by atoms with van der Waals surface area (Å²) in [4.78, 5) is 41.1. The van der Waals surface area contributed by atoms with Gasteiger partial charge in [0.1, 0.15) is 5.56 Å². The van der Waals surface area contributed by atoms with E-state index in [2.05, 4.69) is 15.4 Å². The highest BCUT2D eigenvalue weighted by Crippen LogP contribution is 2.36. The van der Waals surface area contributed by atoms with Crippen molar-refractivity contribution in [1.29, 1.82) is 0 Å². The van der Waals surface area contributed by atoms with Gasteiger partial charge in [0.25, 0.3) is 11.5 Å². The fraction of sp³-hybridized carbons (Fsp3) is 0.316. The van der Waals surface area contributed by atoms with Crippen molar-refractivity contribution < 1.29 is 4.79 Å². The SMILES string of the molecule is Cn1cccc(C(=O)NCCn2nc(-c3cccnc3)n(C3CC3)c2=O)c1=O. The first-order chi connectivity index (χ1) is 13.6. The van der Waals surface area contributed by atoms with E-state index in [0.29, 0.717) is 5.82 Å². The van der Waals surface area contributed by atoms with E-state index in [-0.39, 0.29) is 35.9 Å². The van der Waals surface area contributed by atoms with Crippen LogP contribution in [0.3, 0.4) is 0 Å². The number of rotatable bonds is 6. The maximum Gasteiger partial charge on any atom is 0.346 e. The second-order valence-corrected chi connectivity index (χ2v) is 6.77. The fourth-order valence-electron chi connectivity index (χ4n) is 3.06. The van der Waals surface area contributed by atoms with Crippen molar-refractivity contribution in [2.24, 2.45) is 7.05 Å². The van der Waals surface area contributed by atoms with Crippen molar-refractivity contribution in [3.63, 3.8) is 0 Å². The van der Waals surface area contributed by atoms with Gasteiger partial charge in [-0.15, -0.1) is 5.10 Å². The van der Waals surface area contributed by atoms with Crippen LogP contribution in [-0.2, 0) is 13.6 Å². The standard InChI is InChI=1S/C19H20N6O3/c1-23-10-3-5-15(18(23)27)17(26)21-9-11-24-19(28)25(14-6-7-14)16(22-24)13-4-2-8-20-12-13/h2-5,8,10,12,14H,6-7,9,11H2,1H3,(H,21,26). The Labute approximate surface area is 160 Å². The number of hydrogen-bond acceptors (Lipinski definition) is 5. The topological polar surface area (TPSA) is 104 Å². The van der Waals surface area contributed by atoms with E-state index in [4.69, 9.17) is 0 Å². The molecule has 3 aromatic heterocycles. The summed E-state index contributed by atoms with van der Waals surface area (Å²) in [5.74, 6) is 0.118. The van der Waals surface area contributed by atoms with Gasteiger partial charge in [0.05, 0.1) is 6.54 Å². The minimum Gasteiger partial charge on any atom is -0.350 e. The third kappa shape index (κ3) is 3.38. The van der Waals surface area contributed by atoms with Gasteiger partial charge in [0, 0.05) is 43.8 Å². The van der Waals surface area contributed by atoms with Crippen LogP contribution in [0.2, 0.25) is 0 Å². The van der Waals surface area contributed by atoms with Gasteiger partial charge in [-0.2, -0.15) is 0 Å². The van der Waals surface area contributed by atoms with E-state index >= 15 is 0 Å².